The Bertz CT molecular complexity index is 843. The van der Waals surface area contributed by atoms with E-state index in [1.807, 2.05) is 25.1 Å². The minimum absolute atomic E-state index is 0.0322. The van der Waals surface area contributed by atoms with Crippen molar-refractivity contribution in [2.75, 3.05) is 13.2 Å². The van der Waals surface area contributed by atoms with Crippen molar-refractivity contribution in [3.63, 3.8) is 0 Å². The molecule has 8 heteroatoms. The van der Waals surface area contributed by atoms with E-state index >= 15 is 0 Å². The van der Waals surface area contributed by atoms with Gasteiger partial charge in [-0.1, -0.05) is 0 Å². The highest BCUT2D eigenvalue weighted by atomic mass is 16.5. The summed E-state index contributed by atoms with van der Waals surface area (Å²) in [6.07, 6.45) is 6.06. The number of rotatable bonds is 8. The SMILES string of the molecule is CCOc1ccc(OCC(=O)NC2CCC(Oc3nccnc3C#N)CC2)cc1. The Morgan fingerprint density at radius 3 is 2.41 bits per heavy atom. The van der Waals surface area contributed by atoms with Crippen molar-refractivity contribution in [1.82, 2.24) is 15.3 Å². The van der Waals surface area contributed by atoms with Gasteiger partial charge in [-0.05, 0) is 56.9 Å². The van der Waals surface area contributed by atoms with Crippen LogP contribution >= 0.6 is 0 Å². The van der Waals surface area contributed by atoms with Crippen LogP contribution in [-0.4, -0.2) is 41.2 Å². The maximum absolute atomic E-state index is 12.2. The number of carbonyl (C=O) groups is 1. The van der Waals surface area contributed by atoms with E-state index in [9.17, 15) is 4.79 Å². The number of benzene rings is 1. The summed E-state index contributed by atoms with van der Waals surface area (Å²) >= 11 is 0. The van der Waals surface area contributed by atoms with Gasteiger partial charge in [-0.25, -0.2) is 9.97 Å². The number of hydrogen-bond donors (Lipinski definition) is 1. The molecule has 152 valence electrons. The molecular formula is C21H24N4O4. The van der Waals surface area contributed by atoms with Crippen LogP contribution < -0.4 is 19.5 Å². The van der Waals surface area contributed by atoms with Gasteiger partial charge in [0, 0.05) is 18.4 Å². The maximum Gasteiger partial charge on any atom is 0.258 e. The van der Waals surface area contributed by atoms with Crippen molar-refractivity contribution in [3.8, 4) is 23.4 Å². The van der Waals surface area contributed by atoms with Crippen molar-refractivity contribution in [3.05, 3.63) is 42.4 Å². The third kappa shape index (κ3) is 6.07. The Morgan fingerprint density at radius 2 is 1.76 bits per heavy atom. The van der Waals surface area contributed by atoms with Gasteiger partial charge in [0.15, 0.2) is 6.61 Å². The first-order chi connectivity index (χ1) is 14.2. The first-order valence-corrected chi connectivity index (χ1v) is 9.70. The third-order valence-electron chi connectivity index (χ3n) is 4.59. The second-order valence-corrected chi connectivity index (χ2v) is 6.67. The van der Waals surface area contributed by atoms with Crippen LogP contribution in [0.1, 0.15) is 38.3 Å². The van der Waals surface area contributed by atoms with Crippen LogP contribution in [-0.2, 0) is 4.79 Å². The zero-order valence-electron chi connectivity index (χ0n) is 16.3. The monoisotopic (exact) mass is 396 g/mol. The van der Waals surface area contributed by atoms with Gasteiger partial charge in [0.1, 0.15) is 23.7 Å². The minimum atomic E-state index is -0.149. The lowest BCUT2D eigenvalue weighted by Crippen LogP contribution is -2.41. The van der Waals surface area contributed by atoms with E-state index in [-0.39, 0.29) is 36.2 Å². The van der Waals surface area contributed by atoms with Crippen molar-refractivity contribution in [2.24, 2.45) is 0 Å². The molecule has 1 heterocycles. The van der Waals surface area contributed by atoms with Crippen LogP contribution in [0.25, 0.3) is 0 Å². The molecule has 1 aromatic carbocycles. The largest absolute Gasteiger partial charge is 0.494 e. The number of nitrogens with one attached hydrogen (secondary N) is 1. The molecule has 1 N–H and O–H groups in total. The molecular weight excluding hydrogens is 372 g/mol. The zero-order valence-corrected chi connectivity index (χ0v) is 16.3. The molecule has 1 aliphatic carbocycles. The molecule has 0 saturated heterocycles. The summed E-state index contributed by atoms with van der Waals surface area (Å²) in [6, 6.07) is 9.25. The third-order valence-corrected chi connectivity index (χ3v) is 4.59. The summed E-state index contributed by atoms with van der Waals surface area (Å²) in [5, 5.41) is 12.1. The molecule has 1 aliphatic rings. The number of nitrogens with zero attached hydrogens (tertiary/aromatic N) is 3. The average molecular weight is 396 g/mol. The van der Waals surface area contributed by atoms with E-state index in [2.05, 4.69) is 15.3 Å². The fraction of sp³-hybridized carbons (Fsp3) is 0.429. The highest BCUT2D eigenvalue weighted by Crippen LogP contribution is 2.24. The lowest BCUT2D eigenvalue weighted by Gasteiger charge is -2.29. The summed E-state index contributed by atoms with van der Waals surface area (Å²) in [4.78, 5) is 20.2. The normalized spacial score (nSPS) is 18.3. The Morgan fingerprint density at radius 1 is 1.10 bits per heavy atom. The van der Waals surface area contributed by atoms with Gasteiger partial charge in [0.25, 0.3) is 11.8 Å². The fourth-order valence-corrected chi connectivity index (χ4v) is 3.19. The second-order valence-electron chi connectivity index (χ2n) is 6.67. The predicted molar refractivity (Wildman–Crippen MR) is 105 cm³/mol. The zero-order chi connectivity index (χ0) is 20.5. The number of nitriles is 1. The number of hydrogen-bond acceptors (Lipinski definition) is 7. The molecule has 3 rings (SSSR count). The number of amides is 1. The Balaban J connectivity index is 1.39. The van der Waals surface area contributed by atoms with E-state index < -0.39 is 0 Å². The Labute approximate surface area is 169 Å². The highest BCUT2D eigenvalue weighted by molar-refractivity contribution is 5.77. The van der Waals surface area contributed by atoms with Gasteiger partial charge in [-0.2, -0.15) is 5.26 Å². The first kappa shape index (κ1) is 20.4. The van der Waals surface area contributed by atoms with Gasteiger partial charge < -0.3 is 19.5 Å². The number of ether oxygens (including phenoxy) is 3. The Hall–Kier alpha value is -3.34. The molecule has 8 nitrogen and oxygen atoms in total. The topological polar surface area (TPSA) is 106 Å². The van der Waals surface area contributed by atoms with E-state index in [4.69, 9.17) is 19.5 Å². The molecule has 0 aliphatic heterocycles. The van der Waals surface area contributed by atoms with Crippen LogP contribution in [0.15, 0.2) is 36.7 Å². The molecule has 2 aromatic rings. The molecule has 0 bridgehead atoms. The second kappa shape index (κ2) is 10.3. The molecule has 0 unspecified atom stereocenters. The van der Waals surface area contributed by atoms with Crippen molar-refractivity contribution in [1.29, 1.82) is 5.26 Å². The number of carbonyl (C=O) groups excluding carboxylic acids is 1. The summed E-state index contributed by atoms with van der Waals surface area (Å²) in [6.45, 7) is 2.50. The van der Waals surface area contributed by atoms with Crippen LogP contribution in [0.5, 0.6) is 17.4 Å². The molecule has 0 spiro atoms. The first-order valence-electron chi connectivity index (χ1n) is 9.70. The van der Waals surface area contributed by atoms with Gasteiger partial charge in [-0.3, -0.25) is 4.79 Å². The predicted octanol–water partition coefficient (Wildman–Crippen LogP) is 2.63. The van der Waals surface area contributed by atoms with Gasteiger partial charge in [0.05, 0.1) is 6.61 Å². The van der Waals surface area contributed by atoms with E-state index in [1.54, 1.807) is 12.1 Å². The standard InChI is InChI=1S/C21H24N4O4/c1-2-27-16-7-9-17(10-8-16)28-14-20(26)25-15-3-5-18(6-4-15)29-21-19(13-22)23-11-12-24-21/h7-12,15,18H,2-6,14H2,1H3,(H,25,26). The quantitative estimate of drug-likeness (QED) is 0.731. The summed E-state index contributed by atoms with van der Waals surface area (Å²) in [7, 11) is 0. The van der Waals surface area contributed by atoms with Crippen molar-refractivity contribution in [2.45, 2.75) is 44.8 Å². The highest BCUT2D eigenvalue weighted by Gasteiger charge is 2.25. The fourth-order valence-electron chi connectivity index (χ4n) is 3.19. The minimum Gasteiger partial charge on any atom is -0.494 e. The maximum atomic E-state index is 12.2. The average Bonchev–Trinajstić information content (AvgIpc) is 2.75. The Kier molecular flexibility index (Phi) is 7.22. The molecule has 1 aromatic heterocycles. The molecule has 0 atom stereocenters. The van der Waals surface area contributed by atoms with Gasteiger partial charge in [-0.15, -0.1) is 0 Å². The van der Waals surface area contributed by atoms with E-state index in [0.29, 0.717) is 12.4 Å². The molecule has 0 radical (unpaired) electrons. The molecule has 1 fully saturated rings. The van der Waals surface area contributed by atoms with Crippen LogP contribution in [0.3, 0.4) is 0 Å². The summed E-state index contributed by atoms with van der Waals surface area (Å²) < 4.78 is 16.7. The van der Waals surface area contributed by atoms with Crippen LogP contribution in [0, 0.1) is 11.3 Å². The number of aromatic nitrogens is 2. The van der Waals surface area contributed by atoms with Crippen LogP contribution in [0.2, 0.25) is 0 Å². The van der Waals surface area contributed by atoms with Gasteiger partial charge >= 0.3 is 0 Å². The van der Waals surface area contributed by atoms with Gasteiger partial charge in [0.2, 0.25) is 5.69 Å². The molecule has 1 amide bonds. The van der Waals surface area contributed by atoms with Crippen LogP contribution in [0.4, 0.5) is 0 Å². The summed E-state index contributed by atoms with van der Waals surface area (Å²) in [5.74, 6) is 1.51. The summed E-state index contributed by atoms with van der Waals surface area (Å²) in [5.41, 5.74) is 0.189. The lowest BCUT2D eigenvalue weighted by atomic mass is 9.93. The lowest BCUT2D eigenvalue weighted by molar-refractivity contribution is -0.124. The van der Waals surface area contributed by atoms with Crippen molar-refractivity contribution < 1.29 is 19.0 Å². The van der Waals surface area contributed by atoms with Crippen molar-refractivity contribution >= 4 is 5.91 Å². The molecule has 29 heavy (non-hydrogen) atoms. The molecule has 1 saturated carbocycles. The smallest absolute Gasteiger partial charge is 0.258 e. The van der Waals surface area contributed by atoms with E-state index in [1.165, 1.54) is 12.4 Å². The van der Waals surface area contributed by atoms with E-state index in [0.717, 1.165) is 31.4 Å².